The molecule has 1 aromatic carbocycles. The number of hydrogen-bond donors (Lipinski definition) is 3. The van der Waals surface area contributed by atoms with Gasteiger partial charge in [-0.25, -0.2) is 4.98 Å². The van der Waals surface area contributed by atoms with Crippen LogP contribution in [0.4, 0.5) is 24.7 Å². The molecule has 3 heterocycles. The normalized spacial score (nSPS) is 23.5. The number of imidazole rings is 1. The largest absolute Gasteiger partial charge is 0.490 e. The molecule has 1 saturated carbocycles. The Bertz CT molecular complexity index is 1230. The SMILES string of the molecule is Cc1nc2c(Nc3ccn([C@H]4CCCOC4)n3)cc(O[C@H]3CC[C@@H](NC[C@@H](O)C(F)(F)F)CC3)cc2n1C. The van der Waals surface area contributed by atoms with Crippen molar-refractivity contribution in [1.82, 2.24) is 24.6 Å². The third-order valence-corrected chi connectivity index (χ3v) is 7.52. The molecule has 9 nitrogen and oxygen atoms in total. The summed E-state index contributed by atoms with van der Waals surface area (Å²) in [4.78, 5) is 4.74. The van der Waals surface area contributed by atoms with Gasteiger partial charge in [-0.1, -0.05) is 0 Å². The number of aliphatic hydroxyl groups excluding tert-OH is 1. The van der Waals surface area contributed by atoms with Crippen molar-refractivity contribution >= 4 is 22.5 Å². The van der Waals surface area contributed by atoms with Crippen molar-refractivity contribution in [2.45, 2.75) is 75.9 Å². The molecule has 1 aliphatic heterocycles. The average molecular weight is 537 g/mol. The summed E-state index contributed by atoms with van der Waals surface area (Å²) in [6.45, 7) is 2.92. The van der Waals surface area contributed by atoms with Crippen molar-refractivity contribution < 1.29 is 27.8 Å². The van der Waals surface area contributed by atoms with E-state index < -0.39 is 18.8 Å². The molecule has 38 heavy (non-hydrogen) atoms. The van der Waals surface area contributed by atoms with Crippen LogP contribution in [0.5, 0.6) is 5.75 Å². The van der Waals surface area contributed by atoms with Gasteiger partial charge in [-0.3, -0.25) is 4.68 Å². The highest BCUT2D eigenvalue weighted by Crippen LogP contribution is 2.34. The van der Waals surface area contributed by atoms with Gasteiger partial charge in [-0.05, 0) is 45.4 Å². The second kappa shape index (κ2) is 11.1. The van der Waals surface area contributed by atoms with Gasteiger partial charge in [0, 0.05) is 50.6 Å². The van der Waals surface area contributed by atoms with Crippen LogP contribution in [0.2, 0.25) is 0 Å². The highest BCUT2D eigenvalue weighted by atomic mass is 19.4. The zero-order chi connectivity index (χ0) is 26.9. The Morgan fingerprint density at radius 2 is 2.00 bits per heavy atom. The van der Waals surface area contributed by atoms with Crippen molar-refractivity contribution in [1.29, 1.82) is 0 Å². The molecule has 2 aromatic heterocycles. The first-order valence-electron chi connectivity index (χ1n) is 13.2. The lowest BCUT2D eigenvalue weighted by Gasteiger charge is -2.30. The van der Waals surface area contributed by atoms with Gasteiger partial charge < -0.3 is 29.8 Å². The van der Waals surface area contributed by atoms with E-state index in [4.69, 9.17) is 19.6 Å². The van der Waals surface area contributed by atoms with Crippen LogP contribution >= 0.6 is 0 Å². The lowest BCUT2D eigenvalue weighted by molar-refractivity contribution is -0.202. The van der Waals surface area contributed by atoms with Crippen LogP contribution in [0.1, 0.15) is 50.4 Å². The van der Waals surface area contributed by atoms with Gasteiger partial charge in [0.15, 0.2) is 11.9 Å². The molecular formula is C26H35F3N6O3. The molecule has 2 fully saturated rings. The van der Waals surface area contributed by atoms with Crippen molar-refractivity contribution in [3.05, 3.63) is 30.2 Å². The summed E-state index contributed by atoms with van der Waals surface area (Å²) in [5, 5.41) is 20.2. The number of aliphatic hydroxyl groups is 1. The van der Waals surface area contributed by atoms with Crippen molar-refractivity contribution in [2.75, 3.05) is 25.1 Å². The van der Waals surface area contributed by atoms with Gasteiger partial charge in [-0.15, -0.1) is 0 Å². The Hall–Kier alpha value is -2.83. The quantitative estimate of drug-likeness (QED) is 0.393. The highest BCUT2D eigenvalue weighted by molar-refractivity contribution is 5.92. The first-order valence-corrected chi connectivity index (χ1v) is 13.2. The van der Waals surface area contributed by atoms with Gasteiger partial charge in [0.05, 0.1) is 30.0 Å². The second-order valence-corrected chi connectivity index (χ2v) is 10.3. The molecule has 0 spiro atoms. The standard InChI is InChI=1S/C26H35F3N6O3/c1-16-31-25-21(32-24-9-10-35(33-24)18-4-3-11-37-15-18)12-20(13-22(25)34(16)2)38-19-7-5-17(6-8-19)30-14-23(36)26(27,28)29/h9-10,12-13,17-19,23,30,36H,3-8,11,14-15H2,1-2H3,(H,32,33)/t17-,18-,19+,23+/m0/s1. The number of hydrogen-bond acceptors (Lipinski definition) is 7. The number of halogens is 3. The first-order chi connectivity index (χ1) is 18.2. The Labute approximate surface area is 219 Å². The van der Waals surface area contributed by atoms with E-state index >= 15 is 0 Å². The van der Waals surface area contributed by atoms with E-state index in [1.54, 1.807) is 0 Å². The van der Waals surface area contributed by atoms with E-state index in [-0.39, 0.29) is 18.2 Å². The van der Waals surface area contributed by atoms with Crippen molar-refractivity contribution in [2.24, 2.45) is 7.05 Å². The van der Waals surface area contributed by atoms with E-state index in [1.165, 1.54) is 0 Å². The number of ether oxygens (including phenoxy) is 2. The second-order valence-electron chi connectivity index (χ2n) is 10.3. The lowest BCUT2D eigenvalue weighted by Crippen LogP contribution is -2.44. The first kappa shape index (κ1) is 26.8. The van der Waals surface area contributed by atoms with Crippen LogP contribution in [0, 0.1) is 6.92 Å². The molecule has 0 unspecified atom stereocenters. The molecule has 3 aromatic rings. The minimum absolute atomic E-state index is 0.0503. The van der Waals surface area contributed by atoms with Crippen molar-refractivity contribution in [3.8, 4) is 5.75 Å². The minimum atomic E-state index is -4.61. The predicted octanol–water partition coefficient (Wildman–Crippen LogP) is 4.38. The zero-order valence-electron chi connectivity index (χ0n) is 21.7. The number of rotatable bonds is 8. The van der Waals surface area contributed by atoms with Gasteiger partial charge in [0.25, 0.3) is 0 Å². The van der Waals surface area contributed by atoms with E-state index in [0.29, 0.717) is 43.9 Å². The summed E-state index contributed by atoms with van der Waals surface area (Å²) < 4.78 is 53.6. The van der Waals surface area contributed by atoms with E-state index in [9.17, 15) is 18.3 Å². The van der Waals surface area contributed by atoms with Crippen molar-refractivity contribution in [3.63, 3.8) is 0 Å². The monoisotopic (exact) mass is 536 g/mol. The molecule has 2 aliphatic rings. The average Bonchev–Trinajstić information content (AvgIpc) is 3.48. The molecule has 3 N–H and O–H groups in total. The third-order valence-electron chi connectivity index (χ3n) is 7.52. The molecule has 1 aliphatic carbocycles. The van der Waals surface area contributed by atoms with Gasteiger partial charge >= 0.3 is 6.18 Å². The maximum absolute atomic E-state index is 12.6. The molecule has 208 valence electrons. The third kappa shape index (κ3) is 6.08. The van der Waals surface area contributed by atoms with Crippen LogP contribution in [-0.2, 0) is 11.8 Å². The molecule has 0 bridgehead atoms. The summed E-state index contributed by atoms with van der Waals surface area (Å²) >= 11 is 0. The fourth-order valence-corrected chi connectivity index (χ4v) is 5.19. The Kier molecular flexibility index (Phi) is 7.83. The topological polar surface area (TPSA) is 98.4 Å². The maximum atomic E-state index is 12.6. The predicted molar refractivity (Wildman–Crippen MR) is 137 cm³/mol. The van der Waals surface area contributed by atoms with Crippen LogP contribution in [0.25, 0.3) is 11.0 Å². The smallest absolute Gasteiger partial charge is 0.415 e. The molecule has 5 rings (SSSR count). The lowest BCUT2D eigenvalue weighted by atomic mass is 9.93. The Balaban J connectivity index is 1.26. The fourth-order valence-electron chi connectivity index (χ4n) is 5.19. The van der Waals surface area contributed by atoms with E-state index in [2.05, 4.69) is 10.6 Å². The summed E-state index contributed by atoms with van der Waals surface area (Å²) in [6.07, 6.45) is -0.219. The molecule has 1 saturated heterocycles. The van der Waals surface area contributed by atoms with Crippen LogP contribution < -0.4 is 15.4 Å². The number of nitrogens with zero attached hydrogens (tertiary/aromatic N) is 4. The number of aryl methyl sites for hydroxylation is 2. The molecule has 0 amide bonds. The van der Waals surface area contributed by atoms with Gasteiger partial charge in [0.1, 0.15) is 17.1 Å². The number of anilines is 2. The van der Waals surface area contributed by atoms with Crippen LogP contribution in [0.15, 0.2) is 24.4 Å². The van der Waals surface area contributed by atoms with E-state index in [1.807, 2.05) is 47.6 Å². The summed E-state index contributed by atoms with van der Waals surface area (Å²) in [5.41, 5.74) is 2.55. The van der Waals surface area contributed by atoms with Gasteiger partial charge in [-0.2, -0.15) is 18.3 Å². The molecule has 12 heteroatoms. The summed E-state index contributed by atoms with van der Waals surface area (Å²) in [5.74, 6) is 2.29. The van der Waals surface area contributed by atoms with Gasteiger partial charge in [0.2, 0.25) is 0 Å². The number of aromatic nitrogens is 4. The summed E-state index contributed by atoms with van der Waals surface area (Å²) in [7, 11) is 1.96. The number of alkyl halides is 3. The minimum Gasteiger partial charge on any atom is -0.490 e. The zero-order valence-corrected chi connectivity index (χ0v) is 21.7. The molecule has 2 atom stereocenters. The molecular weight excluding hydrogens is 501 g/mol. The van der Waals surface area contributed by atoms with Crippen LogP contribution in [-0.4, -0.2) is 68.6 Å². The highest BCUT2D eigenvalue weighted by Gasteiger charge is 2.38. The number of fused-ring (bicyclic) bond motifs is 1. The Morgan fingerprint density at radius 3 is 2.71 bits per heavy atom. The summed E-state index contributed by atoms with van der Waals surface area (Å²) in [6, 6.07) is 6.00. The fraction of sp³-hybridized carbons (Fsp3) is 0.615. The number of benzene rings is 1. The Morgan fingerprint density at radius 1 is 1.21 bits per heavy atom. The van der Waals surface area contributed by atoms with E-state index in [0.717, 1.165) is 42.0 Å². The van der Waals surface area contributed by atoms with Crippen LogP contribution in [0.3, 0.4) is 0 Å². The maximum Gasteiger partial charge on any atom is 0.415 e. The molecule has 0 radical (unpaired) electrons. The number of nitrogens with one attached hydrogen (secondary N) is 2.